The molecule has 1 aromatic rings. The van der Waals surface area contributed by atoms with Gasteiger partial charge in [0.1, 0.15) is 0 Å². The lowest BCUT2D eigenvalue weighted by Crippen LogP contribution is -2.53. The van der Waals surface area contributed by atoms with Crippen LogP contribution in [0.2, 0.25) is 0 Å². The van der Waals surface area contributed by atoms with E-state index in [1.54, 1.807) is 0 Å². The van der Waals surface area contributed by atoms with E-state index in [0.717, 1.165) is 32.2 Å². The first kappa shape index (κ1) is 20.9. The topological polar surface area (TPSA) is 52.5 Å². The molecule has 0 heterocycles. The average Bonchev–Trinajstić information content (AvgIpc) is 2.98. The van der Waals surface area contributed by atoms with E-state index in [-0.39, 0.29) is 16.9 Å². The third-order valence-electron chi connectivity index (χ3n) is 9.07. The lowest BCUT2D eigenvalue weighted by Gasteiger charge is -2.55. The van der Waals surface area contributed by atoms with Crippen molar-refractivity contribution in [1.29, 1.82) is 0 Å². The smallest absolute Gasteiger partial charge is 0.0621 e. The molecule has 0 spiro atoms. The second-order valence-corrected chi connectivity index (χ2v) is 10.7. The summed E-state index contributed by atoms with van der Waals surface area (Å²) in [5, 5.41) is 24.9. The van der Waals surface area contributed by atoms with Gasteiger partial charge in [-0.1, -0.05) is 38.1 Å². The summed E-state index contributed by atoms with van der Waals surface area (Å²) in [6, 6.07) is 8.63. The van der Waals surface area contributed by atoms with Gasteiger partial charge in [-0.15, -0.1) is 0 Å². The first-order valence-electron chi connectivity index (χ1n) is 11.6. The number of anilines is 1. The minimum atomic E-state index is -0.410. The van der Waals surface area contributed by atoms with E-state index in [1.165, 1.54) is 29.7 Å². The Hall–Kier alpha value is -1.32. The van der Waals surface area contributed by atoms with Crippen LogP contribution >= 0.6 is 0 Å². The van der Waals surface area contributed by atoms with Gasteiger partial charge in [-0.25, -0.2) is 0 Å². The second-order valence-electron chi connectivity index (χ2n) is 10.7. The Kier molecular flexibility index (Phi) is 5.59. The van der Waals surface area contributed by atoms with Crippen molar-refractivity contribution >= 4 is 5.69 Å². The number of aliphatic hydroxyl groups excluding tert-OH is 2. The van der Waals surface area contributed by atoms with Gasteiger partial charge in [-0.2, -0.15) is 0 Å². The van der Waals surface area contributed by atoms with Crippen LogP contribution in [-0.4, -0.2) is 29.0 Å². The van der Waals surface area contributed by atoms with Gasteiger partial charge >= 0.3 is 0 Å². The molecule has 3 heteroatoms. The summed E-state index contributed by atoms with van der Waals surface area (Å²) in [6.07, 6.45) is 6.21. The molecular weight excluding hydrogens is 358 g/mol. The SMILES string of the molecule is C=C1CCC2[C@@H](CNc3cccc(C)c3)C([C@@]3(C)CC[C@H](O)C[C@@H]3O)CC[C@@]12C. The minimum absolute atomic E-state index is 0.108. The van der Waals surface area contributed by atoms with Crippen molar-refractivity contribution < 1.29 is 10.2 Å². The van der Waals surface area contributed by atoms with Crippen LogP contribution in [0, 0.1) is 35.5 Å². The Bertz CT molecular complexity index is 761. The van der Waals surface area contributed by atoms with E-state index in [4.69, 9.17) is 0 Å². The van der Waals surface area contributed by atoms with E-state index in [0.29, 0.717) is 24.2 Å². The van der Waals surface area contributed by atoms with Crippen LogP contribution in [-0.2, 0) is 0 Å². The highest BCUT2D eigenvalue weighted by Crippen LogP contribution is 2.62. The lowest BCUT2D eigenvalue weighted by molar-refractivity contribution is -0.116. The van der Waals surface area contributed by atoms with Crippen LogP contribution in [0.5, 0.6) is 0 Å². The van der Waals surface area contributed by atoms with E-state index < -0.39 is 6.10 Å². The molecule has 0 aromatic heterocycles. The molecule has 3 N–H and O–H groups in total. The molecule has 3 saturated carbocycles. The first-order chi connectivity index (χ1) is 13.7. The van der Waals surface area contributed by atoms with E-state index >= 15 is 0 Å². The maximum Gasteiger partial charge on any atom is 0.0621 e. The molecule has 3 aliphatic rings. The monoisotopic (exact) mass is 397 g/mol. The van der Waals surface area contributed by atoms with Crippen molar-refractivity contribution in [3.05, 3.63) is 42.0 Å². The Labute approximate surface area is 176 Å². The summed E-state index contributed by atoms with van der Waals surface area (Å²) in [7, 11) is 0. The van der Waals surface area contributed by atoms with Crippen molar-refractivity contribution in [2.45, 2.75) is 77.9 Å². The Morgan fingerprint density at radius 2 is 1.90 bits per heavy atom. The molecule has 29 heavy (non-hydrogen) atoms. The predicted molar refractivity (Wildman–Crippen MR) is 120 cm³/mol. The first-order valence-corrected chi connectivity index (χ1v) is 11.6. The Morgan fingerprint density at radius 3 is 2.62 bits per heavy atom. The zero-order chi connectivity index (χ0) is 20.8. The molecular formula is C26H39NO2. The molecule has 2 unspecified atom stereocenters. The van der Waals surface area contributed by atoms with Crippen LogP contribution in [0.15, 0.2) is 36.4 Å². The summed E-state index contributed by atoms with van der Waals surface area (Å²) < 4.78 is 0. The zero-order valence-electron chi connectivity index (χ0n) is 18.5. The van der Waals surface area contributed by atoms with Crippen LogP contribution in [0.4, 0.5) is 5.69 Å². The summed E-state index contributed by atoms with van der Waals surface area (Å²) in [5.41, 5.74) is 4.04. The molecule has 0 amide bonds. The largest absolute Gasteiger partial charge is 0.393 e. The fourth-order valence-electron chi connectivity index (χ4n) is 7.01. The van der Waals surface area contributed by atoms with Gasteiger partial charge in [0.05, 0.1) is 12.2 Å². The molecule has 0 aliphatic heterocycles. The van der Waals surface area contributed by atoms with Gasteiger partial charge in [0.15, 0.2) is 0 Å². The lowest BCUT2D eigenvalue weighted by atomic mass is 9.51. The molecule has 7 atom stereocenters. The second kappa shape index (κ2) is 7.74. The van der Waals surface area contributed by atoms with E-state index in [1.807, 2.05) is 0 Å². The minimum Gasteiger partial charge on any atom is -0.393 e. The molecule has 4 rings (SSSR count). The molecule has 0 bridgehead atoms. The number of rotatable bonds is 4. The number of aryl methyl sites for hydroxylation is 1. The van der Waals surface area contributed by atoms with Crippen molar-refractivity contribution in [2.24, 2.45) is 28.6 Å². The summed E-state index contributed by atoms with van der Waals surface area (Å²) in [6.45, 7) is 12.3. The van der Waals surface area contributed by atoms with Gasteiger partial charge in [0, 0.05) is 12.2 Å². The highest BCUT2D eigenvalue weighted by Gasteiger charge is 2.56. The van der Waals surface area contributed by atoms with E-state index in [9.17, 15) is 10.2 Å². The number of hydrogen-bond acceptors (Lipinski definition) is 3. The van der Waals surface area contributed by atoms with E-state index in [2.05, 4.69) is 56.9 Å². The quantitative estimate of drug-likeness (QED) is 0.603. The zero-order valence-corrected chi connectivity index (χ0v) is 18.5. The third-order valence-corrected chi connectivity index (χ3v) is 9.07. The maximum atomic E-state index is 11.0. The fraction of sp³-hybridized carbons (Fsp3) is 0.692. The van der Waals surface area contributed by atoms with Gasteiger partial charge in [0.2, 0.25) is 0 Å². The van der Waals surface area contributed by atoms with Crippen LogP contribution in [0.1, 0.15) is 64.4 Å². The highest BCUT2D eigenvalue weighted by atomic mass is 16.3. The fourth-order valence-corrected chi connectivity index (χ4v) is 7.01. The number of fused-ring (bicyclic) bond motifs is 1. The molecule has 3 nitrogen and oxygen atoms in total. The normalized spacial score (nSPS) is 42.5. The molecule has 3 aliphatic carbocycles. The molecule has 0 saturated heterocycles. The van der Waals surface area contributed by atoms with Crippen molar-refractivity contribution in [3.63, 3.8) is 0 Å². The van der Waals surface area contributed by atoms with Gasteiger partial charge < -0.3 is 15.5 Å². The van der Waals surface area contributed by atoms with Crippen LogP contribution < -0.4 is 5.32 Å². The van der Waals surface area contributed by atoms with Crippen LogP contribution in [0.3, 0.4) is 0 Å². The summed E-state index contributed by atoms with van der Waals surface area (Å²) in [5.74, 6) is 1.62. The van der Waals surface area contributed by atoms with Gasteiger partial charge in [-0.3, -0.25) is 0 Å². The summed E-state index contributed by atoms with van der Waals surface area (Å²) in [4.78, 5) is 0. The van der Waals surface area contributed by atoms with Crippen LogP contribution in [0.25, 0.3) is 0 Å². The Balaban J connectivity index is 1.61. The van der Waals surface area contributed by atoms with Crippen molar-refractivity contribution in [2.75, 3.05) is 11.9 Å². The van der Waals surface area contributed by atoms with Gasteiger partial charge in [-0.05, 0) is 98.1 Å². The number of hydrogen-bond donors (Lipinski definition) is 3. The van der Waals surface area contributed by atoms with Crippen molar-refractivity contribution in [3.8, 4) is 0 Å². The predicted octanol–water partition coefficient (Wildman–Crippen LogP) is 5.32. The highest BCUT2D eigenvalue weighted by molar-refractivity contribution is 5.45. The number of aliphatic hydroxyl groups is 2. The average molecular weight is 398 g/mol. The maximum absolute atomic E-state index is 11.0. The number of benzene rings is 1. The summed E-state index contributed by atoms with van der Waals surface area (Å²) >= 11 is 0. The standard InChI is InChI=1S/C26H39NO2/c1-17-6-5-7-19(14-17)27-16-21-22-9-8-18(2)25(22,3)13-11-23(21)26(4)12-10-20(28)15-24(26)29/h5-7,14,20-24,27-29H,2,8-13,15-16H2,1,3-4H3/t20-,21+,22?,23?,24-,25-,26+/m0/s1. The van der Waals surface area contributed by atoms with Crippen molar-refractivity contribution in [1.82, 2.24) is 0 Å². The molecule has 0 radical (unpaired) electrons. The third kappa shape index (κ3) is 3.65. The molecule has 3 fully saturated rings. The molecule has 1 aromatic carbocycles. The number of allylic oxidation sites excluding steroid dienone is 1. The Morgan fingerprint density at radius 1 is 1.10 bits per heavy atom. The number of nitrogens with one attached hydrogen (secondary N) is 1. The molecule has 160 valence electrons. The van der Waals surface area contributed by atoms with Gasteiger partial charge in [0.25, 0.3) is 0 Å².